The second-order valence-electron chi connectivity index (χ2n) is 5.66. The van der Waals surface area contributed by atoms with Crippen molar-refractivity contribution in [3.05, 3.63) is 53.6 Å². The van der Waals surface area contributed by atoms with Crippen LogP contribution in [0.25, 0.3) is 0 Å². The van der Waals surface area contributed by atoms with Gasteiger partial charge in [-0.3, -0.25) is 0 Å². The summed E-state index contributed by atoms with van der Waals surface area (Å²) in [5.41, 5.74) is 10.5. The maximum atomic E-state index is 5.84. The van der Waals surface area contributed by atoms with Gasteiger partial charge in [-0.15, -0.1) is 0 Å². The molecule has 0 bridgehead atoms. The van der Waals surface area contributed by atoms with Crippen LogP contribution in [0.15, 0.2) is 42.5 Å². The number of para-hydroxylation sites is 1. The first kappa shape index (κ1) is 13.8. The summed E-state index contributed by atoms with van der Waals surface area (Å²) in [6.07, 6.45) is 4.44. The van der Waals surface area contributed by atoms with Gasteiger partial charge in [-0.05, 0) is 55.0 Å². The van der Waals surface area contributed by atoms with Crippen LogP contribution in [0.1, 0.15) is 24.0 Å². The first-order chi connectivity index (χ1) is 10.3. The van der Waals surface area contributed by atoms with Crippen molar-refractivity contribution in [1.29, 1.82) is 0 Å². The summed E-state index contributed by atoms with van der Waals surface area (Å²) < 4.78 is 5.46. The van der Waals surface area contributed by atoms with E-state index >= 15 is 0 Å². The molecule has 1 heterocycles. The van der Waals surface area contributed by atoms with E-state index in [0.29, 0.717) is 6.04 Å². The Bertz CT molecular complexity index is 610. The zero-order valence-corrected chi connectivity index (χ0v) is 12.4. The number of nitrogens with one attached hydrogen (secondary N) is 1. The number of benzene rings is 2. The van der Waals surface area contributed by atoms with Gasteiger partial charge in [0.15, 0.2) is 0 Å². The molecule has 3 heteroatoms. The minimum atomic E-state index is 0.496. The van der Waals surface area contributed by atoms with Crippen molar-refractivity contribution in [2.75, 3.05) is 18.2 Å². The highest BCUT2D eigenvalue weighted by Crippen LogP contribution is 2.34. The number of rotatable bonds is 4. The highest BCUT2D eigenvalue weighted by atomic mass is 16.5. The van der Waals surface area contributed by atoms with E-state index in [2.05, 4.69) is 29.6 Å². The van der Waals surface area contributed by atoms with Gasteiger partial charge < -0.3 is 15.8 Å². The predicted octanol–water partition coefficient (Wildman–Crippen LogP) is 3.64. The monoisotopic (exact) mass is 282 g/mol. The zero-order chi connectivity index (χ0) is 14.7. The van der Waals surface area contributed by atoms with Gasteiger partial charge in [-0.2, -0.15) is 0 Å². The minimum absolute atomic E-state index is 0.496. The Morgan fingerprint density at radius 1 is 1.24 bits per heavy atom. The molecule has 3 nitrogen and oxygen atoms in total. The topological polar surface area (TPSA) is 47.3 Å². The van der Waals surface area contributed by atoms with Gasteiger partial charge in [-0.1, -0.05) is 24.3 Å². The SMILES string of the molecule is COc1cccc2c1NC(CCc1cccc(N)c1)CC2. The van der Waals surface area contributed by atoms with Gasteiger partial charge in [0.2, 0.25) is 0 Å². The lowest BCUT2D eigenvalue weighted by molar-refractivity contribution is 0.413. The van der Waals surface area contributed by atoms with E-state index in [1.807, 2.05) is 18.2 Å². The van der Waals surface area contributed by atoms with Crippen LogP contribution in [-0.4, -0.2) is 13.2 Å². The summed E-state index contributed by atoms with van der Waals surface area (Å²) in [6, 6.07) is 14.9. The van der Waals surface area contributed by atoms with Gasteiger partial charge in [0, 0.05) is 11.7 Å². The number of fused-ring (bicyclic) bond motifs is 1. The van der Waals surface area contributed by atoms with Gasteiger partial charge >= 0.3 is 0 Å². The lowest BCUT2D eigenvalue weighted by Crippen LogP contribution is -2.26. The van der Waals surface area contributed by atoms with E-state index < -0.39 is 0 Å². The average molecular weight is 282 g/mol. The number of nitrogen functional groups attached to an aromatic ring is 1. The maximum absolute atomic E-state index is 5.84. The molecule has 2 aromatic rings. The average Bonchev–Trinajstić information content (AvgIpc) is 2.52. The second kappa shape index (κ2) is 6.08. The standard InChI is InChI=1S/C18H22N2O/c1-21-17-7-3-5-14-9-11-16(20-18(14)17)10-8-13-4-2-6-15(19)12-13/h2-7,12,16,20H,8-11,19H2,1H3. The van der Waals surface area contributed by atoms with Crippen LogP contribution < -0.4 is 15.8 Å². The van der Waals surface area contributed by atoms with Crippen molar-refractivity contribution in [2.24, 2.45) is 0 Å². The predicted molar refractivity (Wildman–Crippen MR) is 87.9 cm³/mol. The van der Waals surface area contributed by atoms with E-state index in [1.165, 1.54) is 23.2 Å². The molecule has 0 saturated heterocycles. The molecule has 1 unspecified atom stereocenters. The van der Waals surface area contributed by atoms with Crippen LogP contribution in [0, 0.1) is 0 Å². The fourth-order valence-corrected chi connectivity index (χ4v) is 3.03. The Labute approximate surface area is 126 Å². The second-order valence-corrected chi connectivity index (χ2v) is 5.66. The Balaban J connectivity index is 1.66. The normalized spacial score (nSPS) is 16.9. The molecule has 110 valence electrons. The number of aryl methyl sites for hydroxylation is 2. The number of anilines is 2. The van der Waals surface area contributed by atoms with Crippen molar-refractivity contribution >= 4 is 11.4 Å². The summed E-state index contributed by atoms with van der Waals surface area (Å²) in [7, 11) is 1.73. The Hall–Kier alpha value is -2.16. The zero-order valence-electron chi connectivity index (χ0n) is 12.4. The van der Waals surface area contributed by atoms with E-state index in [4.69, 9.17) is 10.5 Å². The van der Waals surface area contributed by atoms with Crippen molar-refractivity contribution in [2.45, 2.75) is 31.7 Å². The minimum Gasteiger partial charge on any atom is -0.495 e. The lowest BCUT2D eigenvalue weighted by Gasteiger charge is -2.28. The van der Waals surface area contributed by atoms with Crippen LogP contribution in [0.5, 0.6) is 5.75 Å². The molecule has 3 N–H and O–H groups in total. The summed E-state index contributed by atoms with van der Waals surface area (Å²) in [4.78, 5) is 0. The molecule has 0 saturated carbocycles. The Morgan fingerprint density at radius 2 is 2.10 bits per heavy atom. The molecular weight excluding hydrogens is 260 g/mol. The molecule has 0 amide bonds. The molecule has 1 atom stereocenters. The molecule has 21 heavy (non-hydrogen) atoms. The van der Waals surface area contributed by atoms with Gasteiger partial charge in [0.25, 0.3) is 0 Å². The molecule has 0 fully saturated rings. The number of methoxy groups -OCH3 is 1. The van der Waals surface area contributed by atoms with Crippen molar-refractivity contribution in [3.8, 4) is 5.75 Å². The van der Waals surface area contributed by atoms with Crippen LogP contribution in [0.4, 0.5) is 11.4 Å². The van der Waals surface area contributed by atoms with Crippen LogP contribution >= 0.6 is 0 Å². The van der Waals surface area contributed by atoms with Gasteiger partial charge in [-0.25, -0.2) is 0 Å². The van der Waals surface area contributed by atoms with Gasteiger partial charge in [0.05, 0.1) is 12.8 Å². The van der Waals surface area contributed by atoms with Crippen LogP contribution in [0.2, 0.25) is 0 Å². The molecular formula is C18H22N2O. The smallest absolute Gasteiger partial charge is 0.142 e. The number of hydrogen-bond donors (Lipinski definition) is 2. The van der Waals surface area contributed by atoms with E-state index in [9.17, 15) is 0 Å². The first-order valence-corrected chi connectivity index (χ1v) is 7.53. The Kier molecular flexibility index (Phi) is 4.00. The summed E-state index contributed by atoms with van der Waals surface area (Å²) >= 11 is 0. The fraction of sp³-hybridized carbons (Fsp3) is 0.333. The summed E-state index contributed by atoms with van der Waals surface area (Å²) in [5.74, 6) is 0.946. The first-order valence-electron chi connectivity index (χ1n) is 7.53. The molecule has 0 radical (unpaired) electrons. The third-order valence-electron chi connectivity index (χ3n) is 4.18. The lowest BCUT2D eigenvalue weighted by atomic mass is 9.93. The molecule has 1 aliphatic heterocycles. The molecule has 0 aliphatic carbocycles. The molecule has 1 aliphatic rings. The van der Waals surface area contributed by atoms with E-state index in [1.54, 1.807) is 7.11 Å². The van der Waals surface area contributed by atoms with E-state index in [0.717, 1.165) is 30.7 Å². The number of ether oxygens (including phenoxy) is 1. The number of hydrogen-bond acceptors (Lipinski definition) is 3. The molecule has 0 aromatic heterocycles. The largest absolute Gasteiger partial charge is 0.495 e. The van der Waals surface area contributed by atoms with Crippen molar-refractivity contribution < 1.29 is 4.74 Å². The Morgan fingerprint density at radius 3 is 2.90 bits per heavy atom. The molecule has 2 aromatic carbocycles. The highest BCUT2D eigenvalue weighted by Gasteiger charge is 2.20. The van der Waals surface area contributed by atoms with Crippen molar-refractivity contribution in [1.82, 2.24) is 0 Å². The van der Waals surface area contributed by atoms with E-state index in [-0.39, 0.29) is 0 Å². The van der Waals surface area contributed by atoms with Crippen LogP contribution in [0.3, 0.4) is 0 Å². The summed E-state index contributed by atoms with van der Waals surface area (Å²) in [6.45, 7) is 0. The third kappa shape index (κ3) is 3.13. The quantitative estimate of drug-likeness (QED) is 0.842. The van der Waals surface area contributed by atoms with Gasteiger partial charge in [0.1, 0.15) is 5.75 Å². The molecule has 3 rings (SSSR count). The summed E-state index contributed by atoms with van der Waals surface area (Å²) in [5, 5.41) is 3.65. The third-order valence-corrected chi connectivity index (χ3v) is 4.18. The van der Waals surface area contributed by atoms with Crippen LogP contribution in [-0.2, 0) is 12.8 Å². The van der Waals surface area contributed by atoms with Crippen molar-refractivity contribution in [3.63, 3.8) is 0 Å². The fourth-order valence-electron chi connectivity index (χ4n) is 3.03. The molecule has 0 spiro atoms. The maximum Gasteiger partial charge on any atom is 0.142 e. The highest BCUT2D eigenvalue weighted by molar-refractivity contribution is 5.64. The number of nitrogens with two attached hydrogens (primary N) is 1.